The summed E-state index contributed by atoms with van der Waals surface area (Å²) in [6.45, 7) is 3.32. The third-order valence-corrected chi connectivity index (χ3v) is 9.69. The van der Waals surface area contributed by atoms with Crippen molar-refractivity contribution >= 4 is 40.7 Å². The molecule has 4 aliphatic rings. The van der Waals surface area contributed by atoms with Crippen molar-refractivity contribution in [3.05, 3.63) is 54.2 Å². The molecule has 0 unspecified atom stereocenters. The second-order valence-corrected chi connectivity index (χ2v) is 13.1. The minimum absolute atomic E-state index is 0.0626. The first-order valence-electron chi connectivity index (χ1n) is 14.4. The summed E-state index contributed by atoms with van der Waals surface area (Å²) in [6.07, 6.45) is 5.11. The second kappa shape index (κ2) is 10.2. The number of rotatable bonds is 7. The SMILES string of the molecule is CN(O)SN1CCC2(CC1)N=C(c1ccc(-c3ccc4c(cnn4C)c3)cc1)N(CC1CN(C(=O)C3CC3)C1)C2=O. The molecule has 0 bridgehead atoms. The Labute approximate surface area is 243 Å². The number of hydrogen-bond donors (Lipinski definition) is 1. The van der Waals surface area contributed by atoms with Crippen LogP contribution in [0.5, 0.6) is 0 Å². The first kappa shape index (κ1) is 26.6. The minimum atomic E-state index is -0.780. The molecule has 1 aromatic heterocycles. The van der Waals surface area contributed by atoms with Gasteiger partial charge in [-0.25, -0.2) is 4.31 Å². The lowest BCUT2D eigenvalue weighted by atomic mass is 9.88. The van der Waals surface area contributed by atoms with Crippen molar-refractivity contribution in [2.45, 2.75) is 31.2 Å². The van der Waals surface area contributed by atoms with Crippen LogP contribution in [0.4, 0.5) is 0 Å². The molecule has 11 heteroatoms. The van der Waals surface area contributed by atoms with E-state index >= 15 is 0 Å². The Morgan fingerprint density at radius 3 is 2.44 bits per heavy atom. The number of benzene rings is 2. The lowest BCUT2D eigenvalue weighted by molar-refractivity contribution is -0.140. The molecule has 2 aromatic carbocycles. The van der Waals surface area contributed by atoms with Crippen LogP contribution < -0.4 is 0 Å². The van der Waals surface area contributed by atoms with Crippen LogP contribution in [0.15, 0.2) is 53.7 Å². The van der Waals surface area contributed by atoms with Crippen LogP contribution in [0.1, 0.15) is 31.2 Å². The molecule has 1 saturated carbocycles. The van der Waals surface area contributed by atoms with E-state index in [0.29, 0.717) is 45.6 Å². The molecular formula is C30H35N7O3S. The van der Waals surface area contributed by atoms with Crippen molar-refractivity contribution in [3.8, 4) is 11.1 Å². The Balaban J connectivity index is 1.13. The normalized spacial score (nSPS) is 21.3. The average molecular weight is 574 g/mol. The molecule has 1 aliphatic carbocycles. The number of hydroxylamine groups is 1. The van der Waals surface area contributed by atoms with E-state index in [-0.39, 0.29) is 23.7 Å². The molecule has 10 nitrogen and oxygen atoms in total. The van der Waals surface area contributed by atoms with Crippen LogP contribution in [0.2, 0.25) is 0 Å². The van der Waals surface area contributed by atoms with E-state index in [0.717, 1.165) is 50.7 Å². The molecule has 41 heavy (non-hydrogen) atoms. The van der Waals surface area contributed by atoms with Crippen molar-refractivity contribution in [2.24, 2.45) is 23.9 Å². The van der Waals surface area contributed by atoms with Crippen LogP contribution in [0.25, 0.3) is 22.0 Å². The number of piperidine rings is 1. The number of carbonyl (C=O) groups is 2. The highest BCUT2D eigenvalue weighted by atomic mass is 32.2. The van der Waals surface area contributed by atoms with Gasteiger partial charge in [-0.1, -0.05) is 30.3 Å². The summed E-state index contributed by atoms with van der Waals surface area (Å²) < 4.78 is 5.03. The number of likely N-dealkylation sites (tertiary alicyclic amines) is 1. The molecule has 3 aromatic rings. The number of fused-ring (bicyclic) bond motifs is 1. The van der Waals surface area contributed by atoms with Crippen molar-refractivity contribution in [2.75, 3.05) is 39.8 Å². The summed E-state index contributed by atoms with van der Waals surface area (Å²) in [5.74, 6) is 1.55. The molecule has 4 heterocycles. The van der Waals surface area contributed by atoms with Gasteiger partial charge in [0.15, 0.2) is 0 Å². The minimum Gasteiger partial charge on any atom is -0.342 e. The van der Waals surface area contributed by atoms with Gasteiger partial charge in [0.2, 0.25) is 5.91 Å². The number of nitrogens with zero attached hydrogens (tertiary/aromatic N) is 7. The number of amides is 2. The lowest BCUT2D eigenvalue weighted by Gasteiger charge is -2.42. The Hall–Kier alpha value is -3.25. The highest BCUT2D eigenvalue weighted by Crippen LogP contribution is 2.39. The number of hydrogen-bond acceptors (Lipinski definition) is 8. The molecule has 2 saturated heterocycles. The van der Waals surface area contributed by atoms with E-state index in [9.17, 15) is 14.8 Å². The van der Waals surface area contributed by atoms with Gasteiger partial charge in [0.05, 0.1) is 11.7 Å². The van der Waals surface area contributed by atoms with Crippen LogP contribution in [0.3, 0.4) is 0 Å². The summed E-state index contributed by atoms with van der Waals surface area (Å²) in [5.41, 5.74) is 3.45. The second-order valence-electron chi connectivity index (χ2n) is 11.9. The Kier molecular flexibility index (Phi) is 6.65. The number of aryl methyl sites for hydroxylation is 1. The molecule has 3 fully saturated rings. The first-order chi connectivity index (χ1) is 19.8. The average Bonchev–Trinajstić information content (AvgIpc) is 3.69. The van der Waals surface area contributed by atoms with Gasteiger partial charge in [0.1, 0.15) is 11.4 Å². The zero-order valence-electron chi connectivity index (χ0n) is 23.4. The van der Waals surface area contributed by atoms with Gasteiger partial charge in [-0.3, -0.25) is 24.2 Å². The van der Waals surface area contributed by atoms with Gasteiger partial charge < -0.3 is 10.1 Å². The summed E-state index contributed by atoms with van der Waals surface area (Å²) in [4.78, 5) is 35.5. The van der Waals surface area contributed by atoms with Crippen molar-refractivity contribution < 1.29 is 14.8 Å². The van der Waals surface area contributed by atoms with E-state index in [4.69, 9.17) is 4.99 Å². The monoisotopic (exact) mass is 573 g/mol. The van der Waals surface area contributed by atoms with Crippen molar-refractivity contribution in [3.63, 3.8) is 0 Å². The van der Waals surface area contributed by atoms with Gasteiger partial charge in [-0.2, -0.15) is 5.10 Å². The van der Waals surface area contributed by atoms with Crippen LogP contribution in [0, 0.1) is 11.8 Å². The third-order valence-electron chi connectivity index (χ3n) is 8.86. The van der Waals surface area contributed by atoms with Crippen molar-refractivity contribution in [1.29, 1.82) is 0 Å². The largest absolute Gasteiger partial charge is 0.342 e. The maximum Gasteiger partial charge on any atom is 0.256 e. The van der Waals surface area contributed by atoms with Gasteiger partial charge in [0, 0.05) is 81.7 Å². The first-order valence-corrected chi connectivity index (χ1v) is 15.1. The Morgan fingerprint density at radius 2 is 1.76 bits per heavy atom. The van der Waals surface area contributed by atoms with Crippen LogP contribution in [-0.4, -0.2) is 96.5 Å². The molecule has 1 N–H and O–H groups in total. The quantitative estimate of drug-likeness (QED) is 0.342. The molecule has 2 amide bonds. The van der Waals surface area contributed by atoms with E-state index in [1.165, 1.54) is 12.1 Å². The molecular weight excluding hydrogens is 538 g/mol. The number of carbonyl (C=O) groups excluding carboxylic acids is 2. The van der Waals surface area contributed by atoms with Crippen LogP contribution >= 0.6 is 12.1 Å². The topological polar surface area (TPSA) is 97.5 Å². The summed E-state index contributed by atoms with van der Waals surface area (Å²) in [6, 6.07) is 14.7. The number of aromatic nitrogens is 2. The Bertz CT molecular complexity index is 1520. The maximum atomic E-state index is 14.1. The molecule has 0 atom stereocenters. The maximum absolute atomic E-state index is 14.1. The standard InChI is InChI=1S/C30H35N7O3S/c1-33-26-10-9-24(15-25(26)16-31-33)21-3-5-22(6-4-21)27-32-30(11-13-36(14-12-30)41-34(2)40)29(39)37(27)19-20-17-35(18-20)28(38)23-7-8-23/h3-6,9-10,15-16,20,23,40H,7-8,11-14,17-19H2,1-2H3. The van der Waals surface area contributed by atoms with Crippen LogP contribution in [-0.2, 0) is 16.6 Å². The third kappa shape index (κ3) is 4.94. The van der Waals surface area contributed by atoms with Gasteiger partial charge in [-0.05, 0) is 48.9 Å². The summed E-state index contributed by atoms with van der Waals surface area (Å²) in [5, 5.41) is 15.1. The molecule has 7 rings (SSSR count). The molecule has 214 valence electrons. The predicted molar refractivity (Wildman–Crippen MR) is 158 cm³/mol. The van der Waals surface area contributed by atoms with Gasteiger partial charge in [-0.15, -0.1) is 4.47 Å². The number of amidine groups is 1. The smallest absolute Gasteiger partial charge is 0.256 e. The summed E-state index contributed by atoms with van der Waals surface area (Å²) >= 11 is 1.26. The van der Waals surface area contributed by atoms with E-state index in [1.54, 1.807) is 7.05 Å². The fraction of sp³-hybridized carbons (Fsp3) is 0.467. The Morgan fingerprint density at radius 1 is 1.07 bits per heavy atom. The molecule has 3 aliphatic heterocycles. The van der Waals surface area contributed by atoms with Crippen molar-refractivity contribution in [1.82, 2.24) is 28.4 Å². The highest BCUT2D eigenvalue weighted by Gasteiger charge is 2.51. The predicted octanol–water partition coefficient (Wildman–Crippen LogP) is 3.42. The van der Waals surface area contributed by atoms with Gasteiger partial charge in [0.25, 0.3) is 5.91 Å². The zero-order valence-corrected chi connectivity index (χ0v) is 24.3. The zero-order chi connectivity index (χ0) is 28.3. The van der Waals surface area contributed by atoms with E-state index in [1.807, 2.05) is 27.7 Å². The number of aliphatic imine (C=N–C) groups is 1. The van der Waals surface area contributed by atoms with E-state index in [2.05, 4.69) is 51.9 Å². The van der Waals surface area contributed by atoms with Gasteiger partial charge >= 0.3 is 0 Å². The molecule has 0 radical (unpaired) electrons. The molecule has 1 spiro atoms. The summed E-state index contributed by atoms with van der Waals surface area (Å²) in [7, 11) is 3.54. The lowest BCUT2D eigenvalue weighted by Crippen LogP contribution is -2.56. The van der Waals surface area contributed by atoms with E-state index < -0.39 is 5.54 Å². The highest BCUT2D eigenvalue weighted by molar-refractivity contribution is 7.94. The fourth-order valence-electron chi connectivity index (χ4n) is 6.35. The fourth-order valence-corrected chi connectivity index (χ4v) is 7.03.